The summed E-state index contributed by atoms with van der Waals surface area (Å²) in [4.78, 5) is 48.7. The summed E-state index contributed by atoms with van der Waals surface area (Å²) in [6.45, 7) is 4.50. The third-order valence-electron chi connectivity index (χ3n) is 9.15. The van der Waals surface area contributed by atoms with Crippen molar-refractivity contribution in [2.75, 3.05) is 29.5 Å². The molecule has 0 radical (unpaired) electrons. The van der Waals surface area contributed by atoms with Crippen LogP contribution in [0.25, 0.3) is 0 Å². The van der Waals surface area contributed by atoms with Crippen molar-refractivity contribution in [3.8, 4) is 0 Å². The number of hydrogen-bond acceptors (Lipinski definition) is 5. The average molecular weight is 592 g/mol. The zero-order valence-electron chi connectivity index (χ0n) is 23.1. The lowest BCUT2D eigenvalue weighted by Crippen LogP contribution is -2.58. The summed E-state index contributed by atoms with van der Waals surface area (Å²) >= 11 is 7.69. The Hall–Kier alpha value is -3.07. The van der Waals surface area contributed by atoms with Gasteiger partial charge < -0.3 is 19.8 Å². The van der Waals surface area contributed by atoms with Crippen LogP contribution >= 0.6 is 23.4 Å². The molecule has 1 N–H and O–H groups in total. The first-order chi connectivity index (χ1) is 19.8. The normalized spacial score (nSPS) is 30.5. The second-order valence-corrected chi connectivity index (χ2v) is 13.2. The lowest BCUT2D eigenvalue weighted by atomic mass is 9.78. The number of para-hydroxylation sites is 1. The molecule has 6 rings (SSSR count). The number of carbonyl (C=O) groups is 3. The molecule has 4 aliphatic heterocycles. The molecule has 0 bridgehead atoms. The van der Waals surface area contributed by atoms with Crippen LogP contribution in [0.4, 0.5) is 11.4 Å². The van der Waals surface area contributed by atoms with Crippen molar-refractivity contribution < 1.29 is 19.5 Å². The maximum Gasteiger partial charge on any atom is 0.251 e. The quantitative estimate of drug-likeness (QED) is 0.499. The van der Waals surface area contributed by atoms with Gasteiger partial charge in [-0.05, 0) is 42.3 Å². The van der Waals surface area contributed by atoms with Crippen LogP contribution in [0.15, 0.2) is 78.9 Å². The average Bonchev–Trinajstić information content (AvgIpc) is 3.30. The van der Waals surface area contributed by atoms with E-state index >= 15 is 0 Å². The van der Waals surface area contributed by atoms with E-state index in [2.05, 4.69) is 0 Å². The first-order valence-electron chi connectivity index (χ1n) is 14.2. The standard InChI is InChI=1S/C32H34ClN3O4S/c1-3-20(2)24(19-37)36-28-31(40)35(23-14-12-21(33)13-15-23)18-8-16-32(28)27(30(36)39)26-25(41-32)11-7-17-34(29(26)38)22-9-5-4-6-10-22/h4-16,20,24-28,37H,3,17-19H2,1-2H3/t20-,24-,25-,26+,27-,28?,32-/m0/s1. The van der Waals surface area contributed by atoms with Crippen molar-refractivity contribution in [3.63, 3.8) is 0 Å². The van der Waals surface area contributed by atoms with Crippen molar-refractivity contribution >= 4 is 52.5 Å². The Morgan fingerprint density at radius 3 is 2.29 bits per heavy atom. The van der Waals surface area contributed by atoms with Gasteiger partial charge in [0.15, 0.2) is 0 Å². The maximum absolute atomic E-state index is 14.7. The molecule has 41 heavy (non-hydrogen) atoms. The molecule has 1 unspecified atom stereocenters. The summed E-state index contributed by atoms with van der Waals surface area (Å²) in [5.74, 6) is -1.99. The fourth-order valence-electron chi connectivity index (χ4n) is 6.94. The number of amides is 3. The summed E-state index contributed by atoms with van der Waals surface area (Å²) in [6, 6.07) is 15.2. The Morgan fingerprint density at radius 2 is 1.61 bits per heavy atom. The molecular formula is C32H34ClN3O4S. The molecule has 7 atom stereocenters. The molecule has 2 saturated heterocycles. The van der Waals surface area contributed by atoms with E-state index in [1.165, 1.54) is 0 Å². The molecule has 2 aromatic rings. The topological polar surface area (TPSA) is 81.2 Å². The van der Waals surface area contributed by atoms with Gasteiger partial charge in [-0.2, -0.15) is 0 Å². The lowest BCUT2D eigenvalue weighted by Gasteiger charge is -2.40. The third-order valence-corrected chi connectivity index (χ3v) is 11.1. The minimum absolute atomic E-state index is 0.0461. The van der Waals surface area contributed by atoms with E-state index in [0.717, 1.165) is 12.1 Å². The van der Waals surface area contributed by atoms with E-state index in [1.807, 2.05) is 68.5 Å². The van der Waals surface area contributed by atoms with Crippen molar-refractivity contribution in [3.05, 3.63) is 83.9 Å². The number of rotatable bonds is 6. The number of thioether (sulfide) groups is 1. The highest BCUT2D eigenvalue weighted by molar-refractivity contribution is 8.02. The zero-order valence-corrected chi connectivity index (χ0v) is 24.7. The molecule has 1 spiro atoms. The van der Waals surface area contributed by atoms with Crippen molar-refractivity contribution in [1.29, 1.82) is 0 Å². The van der Waals surface area contributed by atoms with Crippen molar-refractivity contribution in [2.45, 2.75) is 42.3 Å². The highest BCUT2D eigenvalue weighted by Crippen LogP contribution is 2.61. The number of aliphatic hydroxyl groups is 1. The summed E-state index contributed by atoms with van der Waals surface area (Å²) in [6.07, 6.45) is 8.72. The van der Waals surface area contributed by atoms with Gasteiger partial charge in [0.1, 0.15) is 6.04 Å². The predicted molar refractivity (Wildman–Crippen MR) is 163 cm³/mol. The number of benzene rings is 2. The van der Waals surface area contributed by atoms with E-state index in [1.54, 1.807) is 50.7 Å². The van der Waals surface area contributed by atoms with Gasteiger partial charge in [0.2, 0.25) is 11.8 Å². The van der Waals surface area contributed by atoms with Crippen LogP contribution in [0.3, 0.4) is 0 Å². The molecule has 4 aliphatic rings. The highest BCUT2D eigenvalue weighted by Gasteiger charge is 2.72. The number of carbonyl (C=O) groups excluding carboxylic acids is 3. The van der Waals surface area contributed by atoms with Crippen LogP contribution in [0.1, 0.15) is 20.3 Å². The van der Waals surface area contributed by atoms with Gasteiger partial charge in [-0.3, -0.25) is 14.4 Å². The Labute approximate surface area is 249 Å². The number of nitrogens with zero attached hydrogens (tertiary/aromatic N) is 3. The van der Waals surface area contributed by atoms with E-state index in [0.29, 0.717) is 23.8 Å². The second kappa shape index (κ2) is 11.0. The van der Waals surface area contributed by atoms with Crippen LogP contribution in [-0.2, 0) is 14.4 Å². The second-order valence-electron chi connectivity index (χ2n) is 11.3. The molecular weight excluding hydrogens is 558 g/mol. The molecule has 9 heteroatoms. The Balaban J connectivity index is 1.48. The van der Waals surface area contributed by atoms with E-state index in [-0.39, 0.29) is 35.5 Å². The Kier molecular flexibility index (Phi) is 7.51. The Morgan fingerprint density at radius 1 is 0.951 bits per heavy atom. The fourth-order valence-corrected chi connectivity index (χ4v) is 9.06. The molecule has 2 aromatic carbocycles. The van der Waals surface area contributed by atoms with Gasteiger partial charge in [-0.25, -0.2) is 0 Å². The van der Waals surface area contributed by atoms with Gasteiger partial charge in [-0.1, -0.05) is 74.4 Å². The summed E-state index contributed by atoms with van der Waals surface area (Å²) in [5, 5.41) is 10.9. The number of likely N-dealkylation sites (tertiary alicyclic amines) is 1. The molecule has 4 heterocycles. The molecule has 0 aliphatic carbocycles. The molecule has 0 saturated carbocycles. The largest absolute Gasteiger partial charge is 0.394 e. The number of anilines is 2. The van der Waals surface area contributed by atoms with Gasteiger partial charge in [0.05, 0.1) is 29.2 Å². The van der Waals surface area contributed by atoms with Crippen molar-refractivity contribution in [2.24, 2.45) is 17.8 Å². The van der Waals surface area contributed by atoms with Crippen molar-refractivity contribution in [1.82, 2.24) is 4.90 Å². The van der Waals surface area contributed by atoms with Crippen LogP contribution in [-0.4, -0.2) is 69.5 Å². The zero-order chi connectivity index (χ0) is 28.9. The number of fused-ring (bicyclic) bond motifs is 2. The first-order valence-corrected chi connectivity index (χ1v) is 15.5. The molecule has 214 valence electrons. The molecule has 2 fully saturated rings. The minimum Gasteiger partial charge on any atom is -0.394 e. The molecule has 0 aromatic heterocycles. The minimum atomic E-state index is -0.953. The van der Waals surface area contributed by atoms with Crippen LogP contribution in [0, 0.1) is 17.8 Å². The first kappa shape index (κ1) is 28.1. The SMILES string of the molecule is CC[C@H](C)[C@H](CO)N1C(=O)[C@@H]2[C@@H]3C(=O)N(c4ccccc4)CC=C[C@@H]3S[C@@]23C=CCN(c2ccc(Cl)cc2)C(=O)C13. The molecule has 7 nitrogen and oxygen atoms in total. The van der Waals surface area contributed by atoms with Gasteiger partial charge >= 0.3 is 0 Å². The molecule has 3 amide bonds. The van der Waals surface area contributed by atoms with Crippen LogP contribution in [0.5, 0.6) is 0 Å². The fraction of sp³-hybridized carbons (Fsp3) is 0.406. The summed E-state index contributed by atoms with van der Waals surface area (Å²) < 4.78 is -0.953. The van der Waals surface area contributed by atoms with Gasteiger partial charge in [0.25, 0.3) is 5.91 Å². The summed E-state index contributed by atoms with van der Waals surface area (Å²) in [7, 11) is 0. The Bertz CT molecular complexity index is 1400. The van der Waals surface area contributed by atoms with Gasteiger partial charge in [-0.15, -0.1) is 11.8 Å². The monoisotopic (exact) mass is 591 g/mol. The van der Waals surface area contributed by atoms with E-state index in [4.69, 9.17) is 11.6 Å². The smallest absolute Gasteiger partial charge is 0.251 e. The lowest BCUT2D eigenvalue weighted by molar-refractivity contribution is -0.142. The predicted octanol–water partition coefficient (Wildman–Crippen LogP) is 4.55. The number of halogens is 1. The van der Waals surface area contributed by atoms with E-state index < -0.39 is 28.7 Å². The van der Waals surface area contributed by atoms with Crippen LogP contribution in [0.2, 0.25) is 5.02 Å². The summed E-state index contributed by atoms with van der Waals surface area (Å²) in [5.41, 5.74) is 1.46. The number of aliphatic hydroxyl groups excluding tert-OH is 1. The van der Waals surface area contributed by atoms with Gasteiger partial charge in [0, 0.05) is 34.7 Å². The number of hydrogen-bond donors (Lipinski definition) is 1. The third kappa shape index (κ3) is 4.42. The maximum atomic E-state index is 14.7. The van der Waals surface area contributed by atoms with Crippen LogP contribution < -0.4 is 9.80 Å². The van der Waals surface area contributed by atoms with E-state index in [9.17, 15) is 19.5 Å². The highest BCUT2D eigenvalue weighted by atomic mass is 35.5.